The van der Waals surface area contributed by atoms with Crippen LogP contribution in [-0.4, -0.2) is 67.1 Å². The van der Waals surface area contributed by atoms with Crippen molar-refractivity contribution in [3.05, 3.63) is 29.8 Å². The summed E-state index contributed by atoms with van der Waals surface area (Å²) in [5, 5.41) is 6.00. The van der Waals surface area contributed by atoms with Crippen LogP contribution in [0.15, 0.2) is 24.3 Å². The van der Waals surface area contributed by atoms with Gasteiger partial charge in [-0.15, -0.1) is 0 Å². The number of amides is 3. The maximum atomic E-state index is 12.8. The Labute approximate surface area is 185 Å². The summed E-state index contributed by atoms with van der Waals surface area (Å²) in [7, 11) is 1.64. The van der Waals surface area contributed by atoms with Crippen molar-refractivity contribution in [3.63, 3.8) is 0 Å². The van der Waals surface area contributed by atoms with Crippen LogP contribution in [0, 0.1) is 11.3 Å². The SMILES string of the molecule is COc1ccc(CNC(=O)NC2CC3(C2)CC(C(=O)N2CCN(C(C)C)CC2)C3)cc1. The Bertz CT molecular complexity index is 773. The molecular formula is C24H36N4O3. The predicted molar refractivity (Wildman–Crippen MR) is 120 cm³/mol. The highest BCUT2D eigenvalue weighted by Crippen LogP contribution is 2.59. The van der Waals surface area contributed by atoms with E-state index in [1.54, 1.807) is 7.11 Å². The fourth-order valence-corrected chi connectivity index (χ4v) is 5.46. The van der Waals surface area contributed by atoms with Crippen molar-refractivity contribution in [2.24, 2.45) is 11.3 Å². The van der Waals surface area contributed by atoms with Crippen molar-refractivity contribution < 1.29 is 14.3 Å². The minimum absolute atomic E-state index is 0.120. The van der Waals surface area contributed by atoms with E-state index in [1.807, 2.05) is 24.3 Å². The Balaban J connectivity index is 1.12. The number of carbonyl (C=O) groups is 2. The van der Waals surface area contributed by atoms with Gasteiger partial charge in [0.15, 0.2) is 0 Å². The van der Waals surface area contributed by atoms with Gasteiger partial charge in [0.1, 0.15) is 5.75 Å². The molecule has 0 radical (unpaired) electrons. The zero-order valence-corrected chi connectivity index (χ0v) is 19.0. The molecule has 3 fully saturated rings. The first-order chi connectivity index (χ1) is 14.9. The van der Waals surface area contributed by atoms with Crippen molar-refractivity contribution in [1.82, 2.24) is 20.4 Å². The van der Waals surface area contributed by atoms with Crippen LogP contribution in [0.2, 0.25) is 0 Å². The molecule has 2 aliphatic carbocycles. The van der Waals surface area contributed by atoms with E-state index in [1.165, 1.54) is 0 Å². The zero-order chi connectivity index (χ0) is 22.0. The van der Waals surface area contributed by atoms with Crippen molar-refractivity contribution >= 4 is 11.9 Å². The van der Waals surface area contributed by atoms with Crippen LogP contribution in [-0.2, 0) is 11.3 Å². The Morgan fingerprint density at radius 3 is 2.29 bits per heavy atom. The lowest BCUT2D eigenvalue weighted by atomic mass is 9.50. The minimum atomic E-state index is -0.120. The number of rotatable bonds is 6. The third kappa shape index (κ3) is 4.97. The second-order valence-corrected chi connectivity index (χ2v) is 9.84. The Morgan fingerprint density at radius 1 is 1.06 bits per heavy atom. The normalized spacial score (nSPS) is 28.1. The summed E-state index contributed by atoms with van der Waals surface area (Å²) in [6, 6.07) is 8.34. The molecule has 1 aromatic rings. The first-order valence-corrected chi connectivity index (χ1v) is 11.6. The minimum Gasteiger partial charge on any atom is -0.497 e. The van der Waals surface area contributed by atoms with E-state index in [0.29, 0.717) is 18.5 Å². The van der Waals surface area contributed by atoms with Gasteiger partial charge in [0.05, 0.1) is 7.11 Å². The van der Waals surface area contributed by atoms with E-state index in [-0.39, 0.29) is 23.4 Å². The summed E-state index contributed by atoms with van der Waals surface area (Å²) in [6.45, 7) is 8.62. The molecule has 1 heterocycles. The summed E-state index contributed by atoms with van der Waals surface area (Å²) in [5.41, 5.74) is 1.32. The molecule has 1 aliphatic heterocycles. The standard InChI is InChI=1S/C24H36N4O3/c1-17(2)27-8-10-28(11-9-27)22(29)19-12-24(13-19)14-20(15-24)26-23(30)25-16-18-4-6-21(31-3)7-5-18/h4-7,17,19-20H,8-16H2,1-3H3,(H2,25,26,30). The molecule has 1 saturated heterocycles. The van der Waals surface area contributed by atoms with Gasteiger partial charge in [0.25, 0.3) is 0 Å². The smallest absolute Gasteiger partial charge is 0.315 e. The number of urea groups is 1. The van der Waals surface area contributed by atoms with Crippen LogP contribution < -0.4 is 15.4 Å². The fraction of sp³-hybridized carbons (Fsp3) is 0.667. The number of piperazine rings is 1. The molecule has 4 rings (SSSR count). The summed E-state index contributed by atoms with van der Waals surface area (Å²) < 4.78 is 5.15. The summed E-state index contributed by atoms with van der Waals surface area (Å²) in [5.74, 6) is 1.35. The van der Waals surface area contributed by atoms with Crippen LogP contribution in [0.4, 0.5) is 4.79 Å². The van der Waals surface area contributed by atoms with E-state index >= 15 is 0 Å². The second-order valence-electron chi connectivity index (χ2n) is 9.84. The molecule has 1 spiro atoms. The van der Waals surface area contributed by atoms with Gasteiger partial charge in [-0.05, 0) is 62.6 Å². The summed E-state index contributed by atoms with van der Waals surface area (Å²) in [6.07, 6.45) is 3.96. The number of ether oxygens (including phenoxy) is 1. The lowest BCUT2D eigenvalue weighted by Gasteiger charge is -2.58. The van der Waals surface area contributed by atoms with Gasteiger partial charge in [-0.2, -0.15) is 0 Å². The first kappa shape index (κ1) is 21.9. The van der Waals surface area contributed by atoms with E-state index < -0.39 is 0 Å². The molecule has 170 valence electrons. The van der Waals surface area contributed by atoms with Crippen LogP contribution >= 0.6 is 0 Å². The summed E-state index contributed by atoms with van der Waals surface area (Å²) >= 11 is 0. The van der Waals surface area contributed by atoms with Crippen LogP contribution in [0.25, 0.3) is 0 Å². The lowest BCUT2D eigenvalue weighted by molar-refractivity contribution is -0.151. The first-order valence-electron chi connectivity index (χ1n) is 11.6. The molecular weight excluding hydrogens is 392 g/mol. The number of methoxy groups -OCH3 is 1. The molecule has 0 atom stereocenters. The van der Waals surface area contributed by atoms with Gasteiger partial charge in [-0.25, -0.2) is 4.79 Å². The van der Waals surface area contributed by atoms with Gasteiger partial charge in [-0.3, -0.25) is 9.69 Å². The molecule has 7 nitrogen and oxygen atoms in total. The van der Waals surface area contributed by atoms with E-state index in [0.717, 1.165) is 63.2 Å². The van der Waals surface area contributed by atoms with Crippen molar-refractivity contribution in [2.75, 3.05) is 33.3 Å². The number of benzene rings is 1. The number of hydrogen-bond acceptors (Lipinski definition) is 4. The lowest BCUT2D eigenvalue weighted by Crippen LogP contribution is -2.60. The number of nitrogens with one attached hydrogen (secondary N) is 2. The highest BCUT2D eigenvalue weighted by molar-refractivity contribution is 5.80. The van der Waals surface area contributed by atoms with E-state index in [4.69, 9.17) is 4.74 Å². The van der Waals surface area contributed by atoms with Crippen LogP contribution in [0.3, 0.4) is 0 Å². The molecule has 0 unspecified atom stereocenters. The number of hydrogen-bond donors (Lipinski definition) is 2. The highest BCUT2D eigenvalue weighted by atomic mass is 16.5. The molecule has 2 saturated carbocycles. The van der Waals surface area contributed by atoms with Gasteiger partial charge >= 0.3 is 6.03 Å². The molecule has 31 heavy (non-hydrogen) atoms. The Kier molecular flexibility index (Phi) is 6.42. The average molecular weight is 429 g/mol. The largest absolute Gasteiger partial charge is 0.497 e. The van der Waals surface area contributed by atoms with Gasteiger partial charge < -0.3 is 20.3 Å². The molecule has 0 bridgehead atoms. The monoisotopic (exact) mass is 428 g/mol. The fourth-order valence-electron chi connectivity index (χ4n) is 5.46. The molecule has 3 aliphatic rings. The van der Waals surface area contributed by atoms with Gasteiger partial charge in [-0.1, -0.05) is 12.1 Å². The maximum absolute atomic E-state index is 12.8. The van der Waals surface area contributed by atoms with Crippen LogP contribution in [0.5, 0.6) is 5.75 Å². The third-order valence-electron chi connectivity index (χ3n) is 7.37. The average Bonchev–Trinajstić information content (AvgIpc) is 2.73. The second kappa shape index (κ2) is 9.07. The van der Waals surface area contributed by atoms with Gasteiger partial charge in [0, 0.05) is 50.7 Å². The molecule has 0 aromatic heterocycles. The Hall–Kier alpha value is -2.28. The quantitative estimate of drug-likeness (QED) is 0.731. The van der Waals surface area contributed by atoms with E-state index in [9.17, 15) is 9.59 Å². The molecule has 2 N–H and O–H groups in total. The maximum Gasteiger partial charge on any atom is 0.315 e. The number of nitrogens with zero attached hydrogens (tertiary/aromatic N) is 2. The third-order valence-corrected chi connectivity index (χ3v) is 7.37. The summed E-state index contributed by atoms with van der Waals surface area (Å²) in [4.78, 5) is 29.5. The Morgan fingerprint density at radius 2 is 1.71 bits per heavy atom. The molecule has 1 aromatic carbocycles. The van der Waals surface area contributed by atoms with Crippen molar-refractivity contribution in [1.29, 1.82) is 0 Å². The van der Waals surface area contributed by atoms with E-state index in [2.05, 4.69) is 34.3 Å². The van der Waals surface area contributed by atoms with Crippen LogP contribution in [0.1, 0.15) is 45.1 Å². The molecule has 3 amide bonds. The molecule has 7 heteroatoms. The number of carbonyl (C=O) groups excluding carboxylic acids is 2. The predicted octanol–water partition coefficient (Wildman–Crippen LogP) is 2.61. The topological polar surface area (TPSA) is 73.9 Å². The zero-order valence-electron chi connectivity index (χ0n) is 19.0. The van der Waals surface area contributed by atoms with Crippen molar-refractivity contribution in [3.8, 4) is 5.75 Å². The van der Waals surface area contributed by atoms with Gasteiger partial charge in [0.2, 0.25) is 5.91 Å². The highest BCUT2D eigenvalue weighted by Gasteiger charge is 2.55. The van der Waals surface area contributed by atoms with Crippen molar-refractivity contribution in [2.45, 2.75) is 58.2 Å².